The summed E-state index contributed by atoms with van der Waals surface area (Å²) in [5.74, 6) is 0. The highest BCUT2D eigenvalue weighted by atomic mass is 14.9. The highest BCUT2D eigenvalue weighted by molar-refractivity contribution is 5.15. The first-order chi connectivity index (χ1) is 16.3. The molecule has 0 amide bonds. The molecule has 0 atom stereocenters. The maximum atomic E-state index is 2.54. The maximum absolute atomic E-state index is 2.54. The van der Waals surface area contributed by atoms with E-state index < -0.39 is 0 Å². The zero-order valence-corrected chi connectivity index (χ0v) is 23.1. The van der Waals surface area contributed by atoms with Gasteiger partial charge < -0.3 is 0 Å². The average molecular weight is 459 g/mol. The molecule has 0 saturated heterocycles. The van der Waals surface area contributed by atoms with Crippen molar-refractivity contribution in [3.63, 3.8) is 0 Å². The van der Waals surface area contributed by atoms with Crippen LogP contribution >= 0.6 is 0 Å². The first-order valence-corrected chi connectivity index (χ1v) is 15.3. The number of aromatic nitrogens is 1. The van der Waals surface area contributed by atoms with Crippen LogP contribution in [0.15, 0.2) is 18.5 Å². The molecule has 0 saturated carbocycles. The third-order valence-electron chi connectivity index (χ3n) is 7.19. The summed E-state index contributed by atoms with van der Waals surface area (Å²) >= 11 is 0. The van der Waals surface area contributed by atoms with Gasteiger partial charge in [-0.1, -0.05) is 130 Å². The Hall–Kier alpha value is -0.850. The molecule has 0 bridgehead atoms. The highest BCUT2D eigenvalue weighted by Crippen LogP contribution is 2.14. The second kappa shape index (κ2) is 22.9. The molecule has 192 valence electrons. The number of hydrogen-bond donors (Lipinski definition) is 0. The minimum atomic E-state index is 1.21. The standard InChI is InChI=1S/C32H60N/c1-4-7-10-13-16-17-18-21-24-27-33-29-31(25-22-19-14-11-8-5-2)28-32(30-33)26-23-20-15-12-9-6-3/h28-30H,4-27H2,1-3H3/q+1. The molecule has 1 aromatic heterocycles. The van der Waals surface area contributed by atoms with Crippen LogP contribution in [0.5, 0.6) is 0 Å². The number of unbranched alkanes of at least 4 members (excludes halogenated alkanes) is 18. The molecule has 0 radical (unpaired) electrons. The van der Waals surface area contributed by atoms with Crippen LogP contribution in [0.4, 0.5) is 0 Å². The van der Waals surface area contributed by atoms with Crippen LogP contribution < -0.4 is 4.57 Å². The summed E-state index contributed by atoms with van der Waals surface area (Å²) in [5.41, 5.74) is 3.18. The predicted molar refractivity (Wildman–Crippen MR) is 148 cm³/mol. The van der Waals surface area contributed by atoms with Gasteiger partial charge in [0.15, 0.2) is 12.4 Å². The fraction of sp³-hybridized carbons (Fsp3) is 0.844. The molecule has 33 heavy (non-hydrogen) atoms. The van der Waals surface area contributed by atoms with Crippen molar-refractivity contribution < 1.29 is 4.57 Å². The number of nitrogens with zero attached hydrogens (tertiary/aromatic N) is 1. The van der Waals surface area contributed by atoms with Gasteiger partial charge in [0.2, 0.25) is 0 Å². The van der Waals surface area contributed by atoms with E-state index in [0.717, 1.165) is 0 Å². The van der Waals surface area contributed by atoms with Crippen molar-refractivity contribution in [3.05, 3.63) is 29.6 Å². The molecule has 1 aromatic rings. The van der Waals surface area contributed by atoms with Gasteiger partial charge in [-0.2, -0.15) is 0 Å². The molecule has 0 fully saturated rings. The zero-order chi connectivity index (χ0) is 23.8. The molecule has 1 heterocycles. The van der Waals surface area contributed by atoms with E-state index in [1.54, 1.807) is 11.1 Å². The van der Waals surface area contributed by atoms with Gasteiger partial charge in [-0.3, -0.25) is 0 Å². The minimum Gasteiger partial charge on any atom is -0.205 e. The Balaban J connectivity index is 2.41. The van der Waals surface area contributed by atoms with Crippen LogP contribution in [0.25, 0.3) is 0 Å². The van der Waals surface area contributed by atoms with Gasteiger partial charge in [0.05, 0.1) is 0 Å². The van der Waals surface area contributed by atoms with Crippen molar-refractivity contribution >= 4 is 0 Å². The third-order valence-corrected chi connectivity index (χ3v) is 7.19. The normalized spacial score (nSPS) is 11.4. The van der Waals surface area contributed by atoms with E-state index in [4.69, 9.17) is 0 Å². The fourth-order valence-electron chi connectivity index (χ4n) is 5.00. The van der Waals surface area contributed by atoms with E-state index in [1.807, 2.05) is 0 Å². The second-order valence-electron chi connectivity index (χ2n) is 10.7. The summed E-state index contributed by atoms with van der Waals surface area (Å²) in [7, 11) is 0. The molecule has 1 nitrogen and oxygen atoms in total. The van der Waals surface area contributed by atoms with Gasteiger partial charge in [0, 0.05) is 17.5 Å². The maximum Gasteiger partial charge on any atom is 0.171 e. The summed E-state index contributed by atoms with van der Waals surface area (Å²) in [6.07, 6.45) is 37.0. The van der Waals surface area contributed by atoms with E-state index in [9.17, 15) is 0 Å². The van der Waals surface area contributed by atoms with Gasteiger partial charge in [-0.15, -0.1) is 0 Å². The van der Waals surface area contributed by atoms with E-state index in [1.165, 1.54) is 154 Å². The van der Waals surface area contributed by atoms with Gasteiger partial charge in [-0.05, 0) is 38.2 Å². The number of hydrogen-bond acceptors (Lipinski definition) is 0. The van der Waals surface area contributed by atoms with E-state index >= 15 is 0 Å². The number of rotatable bonds is 24. The van der Waals surface area contributed by atoms with Crippen LogP contribution in [0.1, 0.15) is 167 Å². The largest absolute Gasteiger partial charge is 0.205 e. The van der Waals surface area contributed by atoms with Crippen molar-refractivity contribution in [1.29, 1.82) is 0 Å². The lowest BCUT2D eigenvalue weighted by Crippen LogP contribution is -2.34. The van der Waals surface area contributed by atoms with E-state index in [2.05, 4.69) is 43.8 Å². The molecule has 1 heteroatoms. The molecule has 0 unspecified atom stereocenters. The minimum absolute atomic E-state index is 1.21. The summed E-state index contributed by atoms with van der Waals surface area (Å²) in [6.45, 7) is 8.13. The number of aryl methyl sites for hydroxylation is 3. The molecule has 0 N–H and O–H groups in total. The predicted octanol–water partition coefficient (Wildman–Crippen LogP) is 10.3. The smallest absolute Gasteiger partial charge is 0.171 e. The lowest BCUT2D eigenvalue weighted by atomic mass is 10.0. The van der Waals surface area contributed by atoms with E-state index in [-0.39, 0.29) is 0 Å². The Morgan fingerprint density at radius 1 is 0.424 bits per heavy atom. The van der Waals surface area contributed by atoms with Crippen LogP contribution in [-0.4, -0.2) is 0 Å². The Bertz CT molecular complexity index is 501. The highest BCUT2D eigenvalue weighted by Gasteiger charge is 2.08. The average Bonchev–Trinajstić information content (AvgIpc) is 2.82. The topological polar surface area (TPSA) is 3.88 Å². The SMILES string of the molecule is CCCCCCCCCCC[n+]1cc(CCCCCCCC)cc(CCCCCCCC)c1. The molecule has 0 aromatic carbocycles. The van der Waals surface area contributed by atoms with Crippen molar-refractivity contribution in [2.75, 3.05) is 0 Å². The third kappa shape index (κ3) is 18.2. The van der Waals surface area contributed by atoms with Crippen molar-refractivity contribution in [2.24, 2.45) is 0 Å². The molecule has 1 rings (SSSR count). The number of pyridine rings is 1. The Labute approximate surface area is 209 Å². The fourth-order valence-corrected chi connectivity index (χ4v) is 5.00. The summed E-state index contributed by atoms with van der Waals surface area (Å²) in [4.78, 5) is 0. The molecular weight excluding hydrogens is 398 g/mol. The van der Waals surface area contributed by atoms with Gasteiger partial charge in [0.1, 0.15) is 6.54 Å². The Morgan fingerprint density at radius 3 is 1.15 bits per heavy atom. The summed E-state index contributed by atoms with van der Waals surface area (Å²) < 4.78 is 2.54. The monoisotopic (exact) mass is 458 g/mol. The van der Waals surface area contributed by atoms with Crippen LogP contribution in [0, 0.1) is 0 Å². The van der Waals surface area contributed by atoms with Gasteiger partial charge in [0.25, 0.3) is 0 Å². The first kappa shape index (κ1) is 30.2. The van der Waals surface area contributed by atoms with Crippen molar-refractivity contribution in [2.45, 2.75) is 175 Å². The first-order valence-electron chi connectivity index (χ1n) is 15.3. The Morgan fingerprint density at radius 2 is 0.758 bits per heavy atom. The summed E-state index contributed by atoms with van der Waals surface area (Å²) in [5, 5.41) is 0. The van der Waals surface area contributed by atoms with Crippen LogP contribution in [0.3, 0.4) is 0 Å². The Kier molecular flexibility index (Phi) is 21.0. The molecule has 0 aliphatic heterocycles. The van der Waals surface area contributed by atoms with Crippen molar-refractivity contribution in [1.82, 2.24) is 0 Å². The zero-order valence-electron chi connectivity index (χ0n) is 23.1. The van der Waals surface area contributed by atoms with Gasteiger partial charge in [-0.25, -0.2) is 4.57 Å². The van der Waals surface area contributed by atoms with Gasteiger partial charge >= 0.3 is 0 Å². The quantitative estimate of drug-likeness (QED) is 0.107. The second-order valence-corrected chi connectivity index (χ2v) is 10.7. The molecular formula is C32H60N+. The lowest BCUT2D eigenvalue weighted by molar-refractivity contribution is -0.698. The molecule has 0 spiro atoms. The molecule has 0 aliphatic rings. The van der Waals surface area contributed by atoms with Crippen LogP contribution in [0.2, 0.25) is 0 Å². The molecule has 0 aliphatic carbocycles. The summed E-state index contributed by atoms with van der Waals surface area (Å²) in [6, 6.07) is 2.53. The van der Waals surface area contributed by atoms with E-state index in [0.29, 0.717) is 0 Å². The van der Waals surface area contributed by atoms with Crippen LogP contribution in [-0.2, 0) is 19.4 Å². The van der Waals surface area contributed by atoms with Crippen molar-refractivity contribution in [3.8, 4) is 0 Å². The lowest BCUT2D eigenvalue weighted by Gasteiger charge is -2.07.